The van der Waals surface area contributed by atoms with E-state index in [0.29, 0.717) is 13.0 Å². The van der Waals surface area contributed by atoms with Crippen LogP contribution in [0.25, 0.3) is 0 Å². The number of sulfone groups is 1. The Balaban J connectivity index is 0.00000729. The Kier molecular flexibility index (Phi) is 11.0. The smallest absolute Gasteiger partial charge is 0.191 e. The zero-order chi connectivity index (χ0) is 20.8. The van der Waals surface area contributed by atoms with Crippen molar-refractivity contribution in [1.29, 1.82) is 0 Å². The summed E-state index contributed by atoms with van der Waals surface area (Å²) >= 11 is 0. The molecule has 0 radical (unpaired) electrons. The Bertz CT molecular complexity index is 757. The van der Waals surface area contributed by atoms with Gasteiger partial charge >= 0.3 is 0 Å². The Morgan fingerprint density at radius 1 is 1.32 bits per heavy atom. The molecule has 1 aromatic heterocycles. The van der Waals surface area contributed by atoms with Gasteiger partial charge in [0, 0.05) is 38.1 Å². The van der Waals surface area contributed by atoms with Crippen LogP contribution in [0.3, 0.4) is 0 Å². The van der Waals surface area contributed by atoms with Gasteiger partial charge in [0.25, 0.3) is 0 Å². The number of nitrogens with one attached hydrogen (secondary N) is 2. The second-order valence-electron chi connectivity index (χ2n) is 8.26. The molecule has 0 aliphatic carbocycles. The standard InChI is InChI=1S/C19H37N5O2S.HI/c1-9-20-18(21-13-19(5,6)10-11-27(8,25)26)22-14(2)12-17-15(3)23-24(7)16(17)4;/h14H,9-13H2,1-8H3,(H2,20,21,22);1H. The quantitative estimate of drug-likeness (QED) is 0.293. The highest BCUT2D eigenvalue weighted by Gasteiger charge is 2.20. The molecule has 0 amide bonds. The van der Waals surface area contributed by atoms with Crippen molar-refractivity contribution in [1.82, 2.24) is 20.4 Å². The van der Waals surface area contributed by atoms with Crippen LogP contribution in [0.1, 0.15) is 51.1 Å². The summed E-state index contributed by atoms with van der Waals surface area (Å²) in [5.41, 5.74) is 3.34. The van der Waals surface area contributed by atoms with Crippen LogP contribution in [0, 0.1) is 19.3 Å². The maximum atomic E-state index is 11.4. The number of hydrogen-bond donors (Lipinski definition) is 2. The van der Waals surface area contributed by atoms with Crippen molar-refractivity contribution in [2.75, 3.05) is 25.1 Å². The van der Waals surface area contributed by atoms with Crippen LogP contribution in [-0.2, 0) is 23.3 Å². The summed E-state index contributed by atoms with van der Waals surface area (Å²) in [5.74, 6) is 0.951. The highest BCUT2D eigenvalue weighted by molar-refractivity contribution is 14.0. The molecule has 0 bridgehead atoms. The van der Waals surface area contributed by atoms with Crippen molar-refractivity contribution in [2.24, 2.45) is 17.5 Å². The van der Waals surface area contributed by atoms with E-state index in [-0.39, 0.29) is 41.2 Å². The predicted molar refractivity (Wildman–Crippen MR) is 128 cm³/mol. The van der Waals surface area contributed by atoms with E-state index in [4.69, 9.17) is 4.99 Å². The summed E-state index contributed by atoms with van der Waals surface area (Å²) < 4.78 is 24.8. The Labute approximate surface area is 188 Å². The van der Waals surface area contributed by atoms with Gasteiger partial charge in [-0.3, -0.25) is 9.67 Å². The van der Waals surface area contributed by atoms with Crippen molar-refractivity contribution < 1.29 is 8.42 Å². The minimum absolute atomic E-state index is 0. The van der Waals surface area contributed by atoms with Gasteiger partial charge < -0.3 is 10.6 Å². The minimum Gasteiger partial charge on any atom is -0.357 e. The maximum absolute atomic E-state index is 11.4. The Hall–Kier alpha value is -0.840. The van der Waals surface area contributed by atoms with E-state index < -0.39 is 9.84 Å². The number of hydrogen-bond acceptors (Lipinski definition) is 4. The summed E-state index contributed by atoms with van der Waals surface area (Å²) in [5, 5.41) is 11.2. The van der Waals surface area contributed by atoms with E-state index in [0.717, 1.165) is 24.6 Å². The van der Waals surface area contributed by atoms with Crippen molar-refractivity contribution in [3.8, 4) is 0 Å². The van der Waals surface area contributed by atoms with Gasteiger partial charge in [0.1, 0.15) is 9.84 Å². The molecule has 0 fully saturated rings. The number of aromatic nitrogens is 2. The fourth-order valence-corrected chi connectivity index (χ4v) is 3.78. The number of aryl methyl sites for hydroxylation is 2. The molecular weight excluding hydrogens is 489 g/mol. The van der Waals surface area contributed by atoms with Gasteiger partial charge in [0.05, 0.1) is 11.4 Å². The van der Waals surface area contributed by atoms with Crippen LogP contribution in [0.4, 0.5) is 0 Å². The van der Waals surface area contributed by atoms with Gasteiger partial charge in [-0.2, -0.15) is 5.10 Å². The van der Waals surface area contributed by atoms with E-state index in [1.54, 1.807) is 0 Å². The molecule has 0 spiro atoms. The minimum atomic E-state index is -2.95. The molecule has 0 saturated carbocycles. The number of halogens is 1. The first kappa shape index (κ1) is 27.2. The fourth-order valence-electron chi connectivity index (χ4n) is 2.86. The molecule has 0 aromatic carbocycles. The third-order valence-electron chi connectivity index (χ3n) is 4.71. The van der Waals surface area contributed by atoms with E-state index >= 15 is 0 Å². The largest absolute Gasteiger partial charge is 0.357 e. The average molecular weight is 528 g/mol. The normalized spacial score (nSPS) is 13.8. The molecule has 1 aromatic rings. The lowest BCUT2D eigenvalue weighted by molar-refractivity contribution is 0.365. The summed E-state index contributed by atoms with van der Waals surface area (Å²) in [4.78, 5) is 4.70. The first-order chi connectivity index (χ1) is 12.3. The van der Waals surface area contributed by atoms with Crippen molar-refractivity contribution in [2.45, 2.75) is 60.4 Å². The van der Waals surface area contributed by atoms with Crippen LogP contribution < -0.4 is 10.6 Å². The third kappa shape index (κ3) is 9.58. The topological polar surface area (TPSA) is 88.4 Å². The molecule has 1 atom stereocenters. The molecule has 1 unspecified atom stereocenters. The SMILES string of the molecule is CCNC(=NCC(C)(C)CCS(C)(=O)=O)NC(C)Cc1c(C)nn(C)c1C.I. The lowest BCUT2D eigenvalue weighted by Gasteiger charge is -2.24. The highest BCUT2D eigenvalue weighted by Crippen LogP contribution is 2.21. The fraction of sp³-hybridized carbons (Fsp3) is 0.789. The molecule has 28 heavy (non-hydrogen) atoms. The van der Waals surface area contributed by atoms with E-state index in [9.17, 15) is 8.42 Å². The molecule has 9 heteroatoms. The molecule has 1 heterocycles. The van der Waals surface area contributed by atoms with Crippen molar-refractivity contribution in [3.63, 3.8) is 0 Å². The first-order valence-corrected chi connectivity index (χ1v) is 11.6. The van der Waals surface area contributed by atoms with E-state index in [1.807, 2.05) is 25.6 Å². The number of rotatable bonds is 9. The van der Waals surface area contributed by atoms with Gasteiger partial charge in [-0.1, -0.05) is 13.8 Å². The summed E-state index contributed by atoms with van der Waals surface area (Å²) in [6.07, 6.45) is 2.74. The maximum Gasteiger partial charge on any atom is 0.191 e. The zero-order valence-corrected chi connectivity index (χ0v) is 21.7. The van der Waals surface area contributed by atoms with Gasteiger partial charge in [0.2, 0.25) is 0 Å². The second-order valence-corrected chi connectivity index (χ2v) is 10.5. The molecule has 164 valence electrons. The van der Waals surface area contributed by atoms with E-state index in [1.165, 1.54) is 17.5 Å². The molecule has 2 N–H and O–H groups in total. The highest BCUT2D eigenvalue weighted by atomic mass is 127. The lowest BCUT2D eigenvalue weighted by Crippen LogP contribution is -2.43. The summed E-state index contributed by atoms with van der Waals surface area (Å²) in [6, 6.07) is 0.198. The Morgan fingerprint density at radius 3 is 2.39 bits per heavy atom. The van der Waals surface area contributed by atoms with Crippen LogP contribution >= 0.6 is 24.0 Å². The summed E-state index contributed by atoms with van der Waals surface area (Å²) in [7, 11) is -0.987. The van der Waals surface area contributed by atoms with Crippen LogP contribution in [0.2, 0.25) is 0 Å². The second kappa shape index (κ2) is 11.4. The van der Waals surface area contributed by atoms with Crippen molar-refractivity contribution >= 4 is 39.8 Å². The van der Waals surface area contributed by atoms with Crippen LogP contribution in [0.5, 0.6) is 0 Å². The predicted octanol–water partition coefficient (Wildman–Crippen LogP) is 2.60. The van der Waals surface area contributed by atoms with Gasteiger partial charge in [-0.15, -0.1) is 24.0 Å². The van der Waals surface area contributed by atoms with E-state index in [2.05, 4.69) is 43.4 Å². The lowest BCUT2D eigenvalue weighted by atomic mass is 9.90. The average Bonchev–Trinajstić information content (AvgIpc) is 2.77. The molecule has 0 aliphatic heterocycles. The Morgan fingerprint density at radius 2 is 1.93 bits per heavy atom. The third-order valence-corrected chi connectivity index (χ3v) is 5.66. The zero-order valence-electron chi connectivity index (χ0n) is 18.6. The molecular formula is C19H38IN5O2S. The summed E-state index contributed by atoms with van der Waals surface area (Å²) in [6.45, 7) is 13.7. The van der Waals surface area contributed by atoms with Gasteiger partial charge in [-0.05, 0) is 51.5 Å². The van der Waals surface area contributed by atoms with Gasteiger partial charge in [-0.25, -0.2) is 8.42 Å². The van der Waals surface area contributed by atoms with Crippen LogP contribution in [0.15, 0.2) is 4.99 Å². The molecule has 0 saturated heterocycles. The first-order valence-electron chi connectivity index (χ1n) is 9.56. The molecule has 0 aliphatic rings. The van der Waals surface area contributed by atoms with Gasteiger partial charge in [0.15, 0.2) is 5.96 Å². The van der Waals surface area contributed by atoms with Crippen molar-refractivity contribution in [3.05, 3.63) is 17.0 Å². The molecule has 7 nitrogen and oxygen atoms in total. The number of nitrogens with zero attached hydrogens (tertiary/aromatic N) is 3. The number of guanidine groups is 1. The number of aliphatic imine (C=N–C) groups is 1. The van der Waals surface area contributed by atoms with Crippen LogP contribution in [-0.4, -0.2) is 55.3 Å². The molecule has 1 rings (SSSR count). The monoisotopic (exact) mass is 527 g/mol.